The molecule has 0 spiro atoms. The Labute approximate surface area is 119 Å². The molecule has 112 valence electrons. The van der Waals surface area contributed by atoms with Gasteiger partial charge >= 0.3 is 0 Å². The standard InChI is InChI=1S/C16H32N2O/c1-5-7-8-10-16(3,4)13-18-12-9-14(15(18)19)17-11-6-2/h14,17H,5-13H2,1-4H3. The highest BCUT2D eigenvalue weighted by atomic mass is 16.2. The summed E-state index contributed by atoms with van der Waals surface area (Å²) in [5, 5.41) is 3.36. The van der Waals surface area contributed by atoms with Crippen molar-refractivity contribution in [1.29, 1.82) is 0 Å². The van der Waals surface area contributed by atoms with Gasteiger partial charge in [0, 0.05) is 13.1 Å². The summed E-state index contributed by atoms with van der Waals surface area (Å²) < 4.78 is 0. The average molecular weight is 268 g/mol. The van der Waals surface area contributed by atoms with Crippen LogP contribution in [0.25, 0.3) is 0 Å². The van der Waals surface area contributed by atoms with Crippen molar-refractivity contribution in [1.82, 2.24) is 10.2 Å². The van der Waals surface area contributed by atoms with E-state index in [1.807, 2.05) is 0 Å². The van der Waals surface area contributed by atoms with Crippen LogP contribution in [0.15, 0.2) is 0 Å². The number of rotatable bonds is 9. The van der Waals surface area contributed by atoms with Gasteiger partial charge in [0.05, 0.1) is 6.04 Å². The van der Waals surface area contributed by atoms with Gasteiger partial charge in [-0.05, 0) is 31.2 Å². The number of hydrogen-bond acceptors (Lipinski definition) is 2. The summed E-state index contributed by atoms with van der Waals surface area (Å²) in [5.74, 6) is 0.317. The van der Waals surface area contributed by atoms with E-state index in [0.717, 1.165) is 32.5 Å². The van der Waals surface area contributed by atoms with Crippen LogP contribution in [0.4, 0.5) is 0 Å². The van der Waals surface area contributed by atoms with Crippen LogP contribution in [-0.2, 0) is 4.79 Å². The normalized spacial score (nSPS) is 20.3. The van der Waals surface area contributed by atoms with Crippen molar-refractivity contribution in [2.45, 2.75) is 72.3 Å². The first-order chi connectivity index (χ1) is 9.00. The van der Waals surface area contributed by atoms with Crippen LogP contribution in [0.3, 0.4) is 0 Å². The van der Waals surface area contributed by atoms with Crippen LogP contribution in [-0.4, -0.2) is 36.5 Å². The Morgan fingerprint density at radius 1 is 1.26 bits per heavy atom. The number of unbranched alkanes of at least 4 members (excludes halogenated alkanes) is 2. The van der Waals surface area contributed by atoms with Crippen LogP contribution in [0.5, 0.6) is 0 Å². The predicted octanol–water partition coefficient (Wildman–Crippen LogP) is 3.19. The van der Waals surface area contributed by atoms with Crippen molar-refractivity contribution in [3.8, 4) is 0 Å². The first-order valence-corrected chi connectivity index (χ1v) is 8.02. The molecule has 3 heteroatoms. The highest BCUT2D eigenvalue weighted by Gasteiger charge is 2.34. The van der Waals surface area contributed by atoms with Crippen LogP contribution >= 0.6 is 0 Å². The molecule has 1 heterocycles. The Kier molecular flexibility index (Phi) is 6.84. The smallest absolute Gasteiger partial charge is 0.239 e. The topological polar surface area (TPSA) is 32.3 Å². The molecule has 1 N–H and O–H groups in total. The lowest BCUT2D eigenvalue weighted by Crippen LogP contribution is -2.41. The Hall–Kier alpha value is -0.570. The molecule has 3 nitrogen and oxygen atoms in total. The lowest BCUT2D eigenvalue weighted by molar-refractivity contribution is -0.130. The number of carbonyl (C=O) groups excluding carboxylic acids is 1. The molecular weight excluding hydrogens is 236 g/mol. The Balaban J connectivity index is 2.38. The summed E-state index contributed by atoms with van der Waals surface area (Å²) in [6.07, 6.45) is 7.14. The van der Waals surface area contributed by atoms with Crippen molar-refractivity contribution < 1.29 is 4.79 Å². The van der Waals surface area contributed by atoms with E-state index in [9.17, 15) is 4.79 Å². The Morgan fingerprint density at radius 2 is 2.00 bits per heavy atom. The fraction of sp³-hybridized carbons (Fsp3) is 0.938. The largest absolute Gasteiger partial charge is 0.341 e. The molecule has 1 saturated heterocycles. The fourth-order valence-electron chi connectivity index (χ4n) is 2.85. The lowest BCUT2D eigenvalue weighted by Gasteiger charge is -2.30. The molecule has 0 aliphatic carbocycles. The molecule has 1 atom stereocenters. The summed E-state index contributed by atoms with van der Waals surface area (Å²) in [6.45, 7) is 11.8. The van der Waals surface area contributed by atoms with Crippen molar-refractivity contribution >= 4 is 5.91 Å². The van der Waals surface area contributed by atoms with Crippen molar-refractivity contribution in [3.63, 3.8) is 0 Å². The van der Waals surface area contributed by atoms with Gasteiger partial charge in [-0.2, -0.15) is 0 Å². The van der Waals surface area contributed by atoms with E-state index in [4.69, 9.17) is 0 Å². The lowest BCUT2D eigenvalue weighted by atomic mass is 9.86. The first-order valence-electron chi connectivity index (χ1n) is 8.02. The molecule has 0 aromatic heterocycles. The van der Waals surface area contributed by atoms with E-state index in [1.54, 1.807) is 0 Å². The predicted molar refractivity (Wildman–Crippen MR) is 81.2 cm³/mol. The Bertz CT molecular complexity index is 276. The zero-order chi connectivity index (χ0) is 14.3. The molecule has 19 heavy (non-hydrogen) atoms. The summed E-state index contributed by atoms with van der Waals surface area (Å²) >= 11 is 0. The summed E-state index contributed by atoms with van der Waals surface area (Å²) in [7, 11) is 0. The maximum atomic E-state index is 12.3. The van der Waals surface area contributed by atoms with Crippen LogP contribution in [0.1, 0.15) is 66.2 Å². The second kappa shape index (κ2) is 7.88. The van der Waals surface area contributed by atoms with Crippen LogP contribution < -0.4 is 5.32 Å². The molecule has 0 bridgehead atoms. The number of amides is 1. The van der Waals surface area contributed by atoms with E-state index >= 15 is 0 Å². The average Bonchev–Trinajstić information content (AvgIpc) is 2.68. The molecular formula is C16H32N2O. The third kappa shape index (κ3) is 5.52. The second-order valence-electron chi connectivity index (χ2n) is 6.68. The Morgan fingerprint density at radius 3 is 2.63 bits per heavy atom. The van der Waals surface area contributed by atoms with Gasteiger partial charge in [-0.15, -0.1) is 0 Å². The number of carbonyl (C=O) groups is 1. The summed E-state index contributed by atoms with van der Waals surface area (Å²) in [6, 6.07) is 0.0754. The zero-order valence-electron chi connectivity index (χ0n) is 13.3. The number of hydrogen-bond donors (Lipinski definition) is 1. The second-order valence-corrected chi connectivity index (χ2v) is 6.68. The SMILES string of the molecule is CCCCCC(C)(C)CN1CCC(NCCC)C1=O. The molecule has 1 amide bonds. The van der Waals surface area contributed by atoms with Gasteiger partial charge in [0.25, 0.3) is 0 Å². The molecule has 1 rings (SSSR count). The van der Waals surface area contributed by atoms with E-state index in [1.165, 1.54) is 25.7 Å². The highest BCUT2D eigenvalue weighted by molar-refractivity contribution is 5.84. The van der Waals surface area contributed by atoms with Gasteiger partial charge in [0.2, 0.25) is 5.91 Å². The highest BCUT2D eigenvalue weighted by Crippen LogP contribution is 2.27. The third-order valence-corrected chi connectivity index (χ3v) is 4.01. The first kappa shape index (κ1) is 16.5. The molecule has 1 fully saturated rings. The molecule has 0 aromatic carbocycles. The molecule has 1 unspecified atom stereocenters. The van der Waals surface area contributed by atoms with Crippen molar-refractivity contribution in [3.05, 3.63) is 0 Å². The maximum absolute atomic E-state index is 12.3. The summed E-state index contributed by atoms with van der Waals surface area (Å²) in [5.41, 5.74) is 0.254. The number of likely N-dealkylation sites (tertiary alicyclic amines) is 1. The minimum absolute atomic E-state index is 0.0754. The number of nitrogens with zero attached hydrogens (tertiary/aromatic N) is 1. The quantitative estimate of drug-likeness (QED) is 0.651. The number of nitrogens with one attached hydrogen (secondary N) is 1. The van der Waals surface area contributed by atoms with E-state index in [2.05, 4.69) is 37.9 Å². The zero-order valence-corrected chi connectivity index (χ0v) is 13.3. The van der Waals surface area contributed by atoms with E-state index in [0.29, 0.717) is 5.91 Å². The van der Waals surface area contributed by atoms with E-state index < -0.39 is 0 Å². The summed E-state index contributed by atoms with van der Waals surface area (Å²) in [4.78, 5) is 14.4. The fourth-order valence-corrected chi connectivity index (χ4v) is 2.85. The van der Waals surface area contributed by atoms with Crippen LogP contribution in [0.2, 0.25) is 0 Å². The van der Waals surface area contributed by atoms with Gasteiger partial charge in [0.1, 0.15) is 0 Å². The third-order valence-electron chi connectivity index (χ3n) is 4.01. The minimum atomic E-state index is 0.0754. The maximum Gasteiger partial charge on any atom is 0.239 e. The van der Waals surface area contributed by atoms with Gasteiger partial charge < -0.3 is 10.2 Å². The van der Waals surface area contributed by atoms with E-state index in [-0.39, 0.29) is 11.5 Å². The monoisotopic (exact) mass is 268 g/mol. The molecule has 0 aromatic rings. The molecule has 0 radical (unpaired) electrons. The van der Waals surface area contributed by atoms with Gasteiger partial charge in [0.15, 0.2) is 0 Å². The van der Waals surface area contributed by atoms with Gasteiger partial charge in [-0.1, -0.05) is 47.0 Å². The molecule has 0 saturated carbocycles. The van der Waals surface area contributed by atoms with Crippen LogP contribution in [0, 0.1) is 5.41 Å². The van der Waals surface area contributed by atoms with Crippen molar-refractivity contribution in [2.75, 3.05) is 19.6 Å². The molecule has 1 aliphatic rings. The molecule has 1 aliphatic heterocycles. The minimum Gasteiger partial charge on any atom is -0.341 e. The van der Waals surface area contributed by atoms with Crippen molar-refractivity contribution in [2.24, 2.45) is 5.41 Å². The van der Waals surface area contributed by atoms with Gasteiger partial charge in [-0.25, -0.2) is 0 Å². The van der Waals surface area contributed by atoms with Gasteiger partial charge in [-0.3, -0.25) is 4.79 Å².